The molecule has 1 aliphatic heterocycles. The lowest BCUT2D eigenvalue weighted by molar-refractivity contribution is 0.0663. The molecule has 0 spiro atoms. The molecular weight excluding hydrogens is 422 g/mol. The van der Waals surface area contributed by atoms with Gasteiger partial charge in [-0.15, -0.1) is 11.3 Å². The van der Waals surface area contributed by atoms with Crippen LogP contribution in [-0.4, -0.2) is 64.8 Å². The monoisotopic (exact) mass is 441 g/mol. The lowest BCUT2D eigenvalue weighted by Gasteiger charge is -2.32. The molecule has 2 N–H and O–H groups in total. The van der Waals surface area contributed by atoms with Crippen molar-refractivity contribution in [2.75, 3.05) is 33.2 Å². The zero-order valence-corrected chi connectivity index (χ0v) is 17.9. The fourth-order valence-electron chi connectivity index (χ4n) is 3.32. The number of hydrogen-bond acceptors (Lipinski definition) is 6. The Labute approximate surface area is 183 Å². The molecule has 30 heavy (non-hydrogen) atoms. The van der Waals surface area contributed by atoms with Gasteiger partial charge in [-0.25, -0.2) is 9.97 Å². The molecule has 7 nitrogen and oxygen atoms in total. The number of thiazole rings is 1. The second-order valence-corrected chi connectivity index (χ2v) is 8.36. The van der Waals surface area contributed by atoms with Crippen LogP contribution in [0.3, 0.4) is 0 Å². The molecule has 0 aliphatic carbocycles. The molecule has 4 rings (SSSR count). The Kier molecular flexibility index (Phi) is 5.80. The summed E-state index contributed by atoms with van der Waals surface area (Å²) in [6.45, 7) is 2.93. The molecule has 0 bridgehead atoms. The molecule has 0 radical (unpaired) electrons. The largest absolute Gasteiger partial charge is 0.364 e. The number of primary amides is 1. The third kappa shape index (κ3) is 4.07. The predicted octanol–water partition coefficient (Wildman–Crippen LogP) is 3.01. The van der Waals surface area contributed by atoms with Gasteiger partial charge in [-0.2, -0.15) is 0 Å². The van der Waals surface area contributed by atoms with Crippen LogP contribution >= 0.6 is 22.9 Å². The summed E-state index contributed by atoms with van der Waals surface area (Å²) in [6, 6.07) is 9.06. The van der Waals surface area contributed by atoms with Gasteiger partial charge in [0, 0.05) is 53.9 Å². The van der Waals surface area contributed by atoms with Crippen LogP contribution in [0.5, 0.6) is 0 Å². The first-order chi connectivity index (χ1) is 14.4. The number of pyridine rings is 1. The first-order valence-corrected chi connectivity index (χ1v) is 10.7. The molecule has 0 unspecified atom stereocenters. The third-order valence-corrected chi connectivity index (χ3v) is 6.25. The van der Waals surface area contributed by atoms with Gasteiger partial charge in [0.05, 0.1) is 11.3 Å². The standard InChI is InChI=1S/C21H20ClN5O2S/c1-26-6-8-27(9-7-26)21(29)13-10-15(18(19(23)28)24-11-13)20-25-17(12-30-20)14-4-2-3-5-16(14)22/h2-5,10-12H,6-9H2,1H3,(H2,23,28). The van der Waals surface area contributed by atoms with Crippen LogP contribution in [0.15, 0.2) is 41.9 Å². The number of amides is 2. The van der Waals surface area contributed by atoms with Gasteiger partial charge < -0.3 is 15.5 Å². The van der Waals surface area contributed by atoms with Crippen LogP contribution in [0.25, 0.3) is 21.8 Å². The van der Waals surface area contributed by atoms with Crippen LogP contribution in [0.1, 0.15) is 20.8 Å². The lowest BCUT2D eigenvalue weighted by Crippen LogP contribution is -2.47. The number of carbonyl (C=O) groups is 2. The summed E-state index contributed by atoms with van der Waals surface area (Å²) < 4.78 is 0. The van der Waals surface area contributed by atoms with E-state index < -0.39 is 5.91 Å². The molecule has 1 aliphatic rings. The highest BCUT2D eigenvalue weighted by Gasteiger charge is 2.24. The summed E-state index contributed by atoms with van der Waals surface area (Å²) in [7, 11) is 2.03. The van der Waals surface area contributed by atoms with Crippen molar-refractivity contribution in [1.29, 1.82) is 0 Å². The second-order valence-electron chi connectivity index (χ2n) is 7.10. The van der Waals surface area contributed by atoms with E-state index in [1.807, 2.05) is 30.6 Å². The van der Waals surface area contributed by atoms with Crippen molar-refractivity contribution < 1.29 is 9.59 Å². The molecule has 0 saturated carbocycles. The number of benzene rings is 1. The summed E-state index contributed by atoms with van der Waals surface area (Å²) in [4.78, 5) is 37.7. The molecule has 154 valence electrons. The van der Waals surface area contributed by atoms with E-state index in [0.29, 0.717) is 39.9 Å². The van der Waals surface area contributed by atoms with Gasteiger partial charge in [0.15, 0.2) is 0 Å². The minimum Gasteiger partial charge on any atom is -0.364 e. The van der Waals surface area contributed by atoms with Crippen LogP contribution in [0.4, 0.5) is 0 Å². The van der Waals surface area contributed by atoms with Crippen molar-refractivity contribution in [3.8, 4) is 21.8 Å². The number of piperazine rings is 1. The molecule has 1 fully saturated rings. The van der Waals surface area contributed by atoms with Gasteiger partial charge in [-0.1, -0.05) is 29.8 Å². The number of carbonyl (C=O) groups excluding carboxylic acids is 2. The first kappa shape index (κ1) is 20.5. The smallest absolute Gasteiger partial charge is 0.268 e. The van der Waals surface area contributed by atoms with Gasteiger partial charge in [0.1, 0.15) is 10.7 Å². The first-order valence-electron chi connectivity index (χ1n) is 9.42. The zero-order chi connectivity index (χ0) is 21.3. The molecule has 1 aromatic carbocycles. The Hall–Kier alpha value is -2.81. The van der Waals surface area contributed by atoms with E-state index in [0.717, 1.165) is 18.7 Å². The van der Waals surface area contributed by atoms with Crippen molar-refractivity contribution in [2.45, 2.75) is 0 Å². The van der Waals surface area contributed by atoms with Crippen molar-refractivity contribution >= 4 is 34.8 Å². The molecule has 3 aromatic rings. The minimum atomic E-state index is -0.668. The molecule has 2 amide bonds. The molecule has 3 heterocycles. The van der Waals surface area contributed by atoms with E-state index in [1.54, 1.807) is 17.0 Å². The van der Waals surface area contributed by atoms with E-state index in [4.69, 9.17) is 17.3 Å². The average Bonchev–Trinajstić information content (AvgIpc) is 3.23. The Morgan fingerprint density at radius 3 is 2.57 bits per heavy atom. The minimum absolute atomic E-state index is 0.0880. The molecule has 9 heteroatoms. The van der Waals surface area contributed by atoms with Crippen molar-refractivity contribution in [1.82, 2.24) is 19.8 Å². The summed E-state index contributed by atoms with van der Waals surface area (Å²) in [5.74, 6) is -0.783. The van der Waals surface area contributed by atoms with Gasteiger partial charge in [-0.3, -0.25) is 9.59 Å². The molecule has 2 aromatic heterocycles. The maximum absolute atomic E-state index is 13.0. The van der Waals surface area contributed by atoms with Crippen LogP contribution in [-0.2, 0) is 0 Å². The molecular formula is C21H20ClN5O2S. The average molecular weight is 442 g/mol. The third-order valence-electron chi connectivity index (χ3n) is 5.04. The van der Waals surface area contributed by atoms with Crippen LogP contribution < -0.4 is 5.73 Å². The number of nitrogens with zero attached hydrogens (tertiary/aromatic N) is 4. The van der Waals surface area contributed by atoms with Crippen molar-refractivity contribution in [2.24, 2.45) is 5.73 Å². The highest BCUT2D eigenvalue weighted by molar-refractivity contribution is 7.13. The quantitative estimate of drug-likeness (QED) is 0.671. The maximum atomic E-state index is 13.0. The van der Waals surface area contributed by atoms with Crippen molar-refractivity contribution in [3.63, 3.8) is 0 Å². The summed E-state index contributed by atoms with van der Waals surface area (Å²) >= 11 is 7.63. The van der Waals surface area contributed by atoms with Crippen LogP contribution in [0.2, 0.25) is 5.02 Å². The Balaban J connectivity index is 1.70. The second kappa shape index (κ2) is 8.51. The number of aromatic nitrogens is 2. The number of hydrogen-bond donors (Lipinski definition) is 1. The van der Waals surface area contributed by atoms with Gasteiger partial charge in [-0.05, 0) is 19.2 Å². The fourth-order valence-corrected chi connectivity index (χ4v) is 4.39. The fraction of sp³-hybridized carbons (Fsp3) is 0.238. The Bertz CT molecular complexity index is 1110. The highest BCUT2D eigenvalue weighted by atomic mass is 35.5. The van der Waals surface area contributed by atoms with Gasteiger partial charge in [0.25, 0.3) is 11.8 Å². The topological polar surface area (TPSA) is 92.4 Å². The molecule has 0 atom stereocenters. The lowest BCUT2D eigenvalue weighted by atomic mass is 10.1. The number of nitrogens with two attached hydrogens (primary N) is 1. The Morgan fingerprint density at radius 1 is 1.13 bits per heavy atom. The van der Waals surface area contributed by atoms with Crippen molar-refractivity contribution in [3.05, 3.63) is 58.2 Å². The number of rotatable bonds is 4. The normalized spacial score (nSPS) is 14.7. The summed E-state index contributed by atoms with van der Waals surface area (Å²) in [5, 5.41) is 3.00. The summed E-state index contributed by atoms with van der Waals surface area (Å²) in [6.07, 6.45) is 1.41. The van der Waals surface area contributed by atoms with Gasteiger partial charge >= 0.3 is 0 Å². The maximum Gasteiger partial charge on any atom is 0.268 e. The van der Waals surface area contributed by atoms with Gasteiger partial charge in [0.2, 0.25) is 0 Å². The number of halogens is 1. The SMILES string of the molecule is CN1CCN(C(=O)c2cnc(C(N)=O)c(-c3nc(-c4ccccc4Cl)cs3)c2)CC1. The van der Waals surface area contributed by atoms with E-state index >= 15 is 0 Å². The van der Waals surface area contributed by atoms with Crippen LogP contribution in [0, 0.1) is 0 Å². The Morgan fingerprint density at radius 2 is 1.87 bits per heavy atom. The molecule has 1 saturated heterocycles. The van der Waals surface area contributed by atoms with E-state index in [2.05, 4.69) is 14.9 Å². The predicted molar refractivity (Wildman–Crippen MR) is 118 cm³/mol. The van der Waals surface area contributed by atoms with E-state index in [-0.39, 0.29) is 11.6 Å². The zero-order valence-electron chi connectivity index (χ0n) is 16.3. The number of likely N-dealkylation sites (N-methyl/N-ethyl adjacent to an activating group) is 1. The van der Waals surface area contributed by atoms with E-state index in [9.17, 15) is 9.59 Å². The van der Waals surface area contributed by atoms with E-state index in [1.165, 1.54) is 17.5 Å². The summed E-state index contributed by atoms with van der Waals surface area (Å²) in [5.41, 5.74) is 7.96. The highest BCUT2D eigenvalue weighted by Crippen LogP contribution is 2.33.